The van der Waals surface area contributed by atoms with Crippen molar-refractivity contribution in [2.24, 2.45) is 11.7 Å². The van der Waals surface area contributed by atoms with Crippen LogP contribution in [0.5, 0.6) is 5.75 Å². The summed E-state index contributed by atoms with van der Waals surface area (Å²) in [5.41, 5.74) is 8.91. The Bertz CT molecular complexity index is 498. The van der Waals surface area contributed by atoms with E-state index in [2.05, 4.69) is 32.0 Å². The van der Waals surface area contributed by atoms with Crippen molar-refractivity contribution in [3.05, 3.63) is 29.3 Å². The van der Waals surface area contributed by atoms with Crippen molar-refractivity contribution in [1.29, 1.82) is 0 Å². The molecule has 3 rings (SSSR count). The lowest BCUT2D eigenvalue weighted by Crippen LogP contribution is -2.47. The van der Waals surface area contributed by atoms with Gasteiger partial charge in [0, 0.05) is 18.6 Å². The summed E-state index contributed by atoms with van der Waals surface area (Å²) < 4.78 is 12.1. The Morgan fingerprint density at radius 1 is 1.48 bits per heavy atom. The van der Waals surface area contributed by atoms with Crippen LogP contribution >= 0.6 is 0 Å². The first-order chi connectivity index (χ1) is 10.2. The second kappa shape index (κ2) is 5.98. The van der Waals surface area contributed by atoms with Gasteiger partial charge >= 0.3 is 0 Å². The van der Waals surface area contributed by atoms with Crippen LogP contribution in [-0.2, 0) is 11.2 Å². The number of ether oxygens (including phenoxy) is 2. The van der Waals surface area contributed by atoms with Gasteiger partial charge in [0.05, 0.1) is 18.2 Å². The third-order valence-electron chi connectivity index (χ3n) is 5.07. The molecule has 0 saturated heterocycles. The lowest BCUT2D eigenvalue weighted by Gasteiger charge is -2.44. The number of benzene rings is 1. The highest BCUT2D eigenvalue weighted by Crippen LogP contribution is 2.45. The molecular formula is C18H27NO2. The van der Waals surface area contributed by atoms with Crippen LogP contribution in [0.1, 0.15) is 56.7 Å². The molecule has 0 bridgehead atoms. The second-order valence-electron chi connectivity index (χ2n) is 6.61. The van der Waals surface area contributed by atoms with E-state index in [0.29, 0.717) is 5.92 Å². The van der Waals surface area contributed by atoms with E-state index in [-0.39, 0.29) is 11.6 Å². The molecule has 3 unspecified atom stereocenters. The van der Waals surface area contributed by atoms with Gasteiger partial charge in [0.25, 0.3) is 0 Å². The molecule has 1 saturated carbocycles. The summed E-state index contributed by atoms with van der Waals surface area (Å²) in [5.74, 6) is 1.69. The maximum absolute atomic E-state index is 6.72. The van der Waals surface area contributed by atoms with E-state index in [1.165, 1.54) is 18.4 Å². The number of hydrogen-bond acceptors (Lipinski definition) is 3. The molecule has 1 heterocycles. The van der Waals surface area contributed by atoms with Crippen LogP contribution in [0.3, 0.4) is 0 Å². The maximum atomic E-state index is 6.72. The summed E-state index contributed by atoms with van der Waals surface area (Å²) >= 11 is 0. The number of hydrogen-bond donors (Lipinski definition) is 1. The molecule has 0 spiro atoms. The minimum Gasteiger partial charge on any atom is -0.493 e. The SMILES string of the molecule is CCOC1(C(N)c2cccc3c2OCC3)CCCC(C)C1. The molecule has 3 heteroatoms. The van der Waals surface area contributed by atoms with Gasteiger partial charge < -0.3 is 15.2 Å². The number of para-hydroxylation sites is 1. The van der Waals surface area contributed by atoms with Crippen molar-refractivity contribution < 1.29 is 9.47 Å². The van der Waals surface area contributed by atoms with Gasteiger partial charge in [0.2, 0.25) is 0 Å². The van der Waals surface area contributed by atoms with E-state index in [1.54, 1.807) is 0 Å². The Hall–Kier alpha value is -1.06. The van der Waals surface area contributed by atoms with E-state index >= 15 is 0 Å². The van der Waals surface area contributed by atoms with Crippen molar-refractivity contribution in [3.63, 3.8) is 0 Å². The van der Waals surface area contributed by atoms with Gasteiger partial charge in [-0.2, -0.15) is 0 Å². The van der Waals surface area contributed by atoms with Crippen LogP contribution < -0.4 is 10.5 Å². The quantitative estimate of drug-likeness (QED) is 0.921. The molecule has 2 aliphatic rings. The second-order valence-corrected chi connectivity index (χ2v) is 6.61. The summed E-state index contributed by atoms with van der Waals surface area (Å²) in [5, 5.41) is 0. The standard InChI is InChI=1S/C18H27NO2/c1-3-21-18(10-5-6-13(2)12-18)17(19)15-8-4-7-14-9-11-20-16(14)15/h4,7-8,13,17H,3,5-6,9-12,19H2,1-2H3. The van der Waals surface area contributed by atoms with E-state index in [4.69, 9.17) is 15.2 Å². The Labute approximate surface area is 127 Å². The zero-order valence-corrected chi connectivity index (χ0v) is 13.2. The van der Waals surface area contributed by atoms with E-state index in [1.807, 2.05) is 0 Å². The number of nitrogens with two attached hydrogens (primary N) is 1. The highest BCUT2D eigenvalue weighted by atomic mass is 16.5. The summed E-state index contributed by atoms with van der Waals surface area (Å²) in [6.07, 6.45) is 5.57. The predicted octanol–water partition coefficient (Wildman–Crippen LogP) is 3.61. The fraction of sp³-hybridized carbons (Fsp3) is 0.667. The van der Waals surface area contributed by atoms with Gasteiger partial charge in [-0.05, 0) is 31.2 Å². The van der Waals surface area contributed by atoms with Crippen LogP contribution in [0.2, 0.25) is 0 Å². The first-order valence-electron chi connectivity index (χ1n) is 8.30. The largest absolute Gasteiger partial charge is 0.493 e. The highest BCUT2D eigenvalue weighted by Gasteiger charge is 2.43. The Kier molecular flexibility index (Phi) is 4.23. The van der Waals surface area contributed by atoms with Gasteiger partial charge in [0.1, 0.15) is 5.75 Å². The van der Waals surface area contributed by atoms with Crippen molar-refractivity contribution in [1.82, 2.24) is 0 Å². The van der Waals surface area contributed by atoms with Gasteiger partial charge in [-0.25, -0.2) is 0 Å². The first-order valence-corrected chi connectivity index (χ1v) is 8.30. The molecule has 0 amide bonds. The van der Waals surface area contributed by atoms with E-state index < -0.39 is 0 Å². The molecular weight excluding hydrogens is 262 g/mol. The van der Waals surface area contributed by atoms with Crippen LogP contribution in [0.4, 0.5) is 0 Å². The van der Waals surface area contributed by atoms with Crippen LogP contribution in [0.15, 0.2) is 18.2 Å². The van der Waals surface area contributed by atoms with Gasteiger partial charge in [-0.15, -0.1) is 0 Å². The molecule has 1 aliphatic carbocycles. The van der Waals surface area contributed by atoms with E-state index in [9.17, 15) is 0 Å². The zero-order valence-electron chi connectivity index (χ0n) is 13.2. The fourth-order valence-electron chi connectivity index (χ4n) is 4.10. The summed E-state index contributed by atoms with van der Waals surface area (Å²) in [6.45, 7) is 5.87. The molecule has 2 N–H and O–H groups in total. The number of rotatable bonds is 4. The van der Waals surface area contributed by atoms with Crippen molar-refractivity contribution in [2.75, 3.05) is 13.2 Å². The van der Waals surface area contributed by atoms with Gasteiger partial charge in [-0.1, -0.05) is 38.0 Å². The highest BCUT2D eigenvalue weighted by molar-refractivity contribution is 5.46. The average molecular weight is 289 g/mol. The van der Waals surface area contributed by atoms with Gasteiger partial charge in [0.15, 0.2) is 0 Å². The summed E-state index contributed by atoms with van der Waals surface area (Å²) in [6, 6.07) is 6.27. The summed E-state index contributed by atoms with van der Waals surface area (Å²) in [4.78, 5) is 0. The molecule has 0 radical (unpaired) electrons. The van der Waals surface area contributed by atoms with E-state index in [0.717, 1.165) is 43.8 Å². The van der Waals surface area contributed by atoms with Crippen LogP contribution in [0.25, 0.3) is 0 Å². The number of fused-ring (bicyclic) bond motifs is 1. The molecule has 1 aliphatic heterocycles. The lowest BCUT2D eigenvalue weighted by molar-refractivity contribution is -0.0941. The first kappa shape index (κ1) is 14.9. The van der Waals surface area contributed by atoms with Crippen LogP contribution in [0, 0.1) is 5.92 Å². The monoisotopic (exact) mass is 289 g/mol. The van der Waals surface area contributed by atoms with Crippen molar-refractivity contribution >= 4 is 0 Å². The average Bonchev–Trinajstić information content (AvgIpc) is 2.95. The minimum atomic E-state index is -0.229. The van der Waals surface area contributed by atoms with Crippen molar-refractivity contribution in [2.45, 2.75) is 57.6 Å². The molecule has 0 aromatic heterocycles. The predicted molar refractivity (Wildman–Crippen MR) is 84.6 cm³/mol. The molecule has 1 aromatic carbocycles. The Morgan fingerprint density at radius 3 is 3.10 bits per heavy atom. The zero-order chi connectivity index (χ0) is 14.9. The van der Waals surface area contributed by atoms with Gasteiger partial charge in [-0.3, -0.25) is 0 Å². The molecule has 3 atom stereocenters. The Balaban J connectivity index is 1.94. The minimum absolute atomic E-state index is 0.103. The lowest BCUT2D eigenvalue weighted by atomic mass is 9.72. The van der Waals surface area contributed by atoms with Crippen molar-refractivity contribution in [3.8, 4) is 5.75 Å². The molecule has 1 aromatic rings. The molecule has 116 valence electrons. The third kappa shape index (κ3) is 2.69. The topological polar surface area (TPSA) is 44.5 Å². The summed E-state index contributed by atoms with van der Waals surface area (Å²) in [7, 11) is 0. The molecule has 1 fully saturated rings. The normalized spacial score (nSPS) is 29.8. The Morgan fingerprint density at radius 2 is 2.33 bits per heavy atom. The maximum Gasteiger partial charge on any atom is 0.127 e. The molecule has 3 nitrogen and oxygen atoms in total. The van der Waals surface area contributed by atoms with Crippen LogP contribution in [-0.4, -0.2) is 18.8 Å². The third-order valence-corrected chi connectivity index (χ3v) is 5.07. The smallest absolute Gasteiger partial charge is 0.127 e. The molecule has 21 heavy (non-hydrogen) atoms. The fourth-order valence-corrected chi connectivity index (χ4v) is 4.10.